The first-order valence-electron chi connectivity index (χ1n) is 9.39. The number of benzene rings is 1. The molecule has 3 aliphatic heterocycles. The maximum atomic E-state index is 13.1. The molecule has 2 fully saturated rings. The van der Waals surface area contributed by atoms with E-state index in [4.69, 9.17) is 9.47 Å². The van der Waals surface area contributed by atoms with Crippen molar-refractivity contribution in [2.75, 3.05) is 19.8 Å². The highest BCUT2D eigenvalue weighted by atomic mass is 16.7. The van der Waals surface area contributed by atoms with Crippen LogP contribution in [0.25, 0.3) is 10.9 Å². The van der Waals surface area contributed by atoms with E-state index in [2.05, 4.69) is 29.7 Å². The van der Waals surface area contributed by atoms with E-state index in [0.717, 1.165) is 42.4 Å². The summed E-state index contributed by atoms with van der Waals surface area (Å²) < 4.78 is 14.6. The Hall–Kier alpha value is -1.85. The van der Waals surface area contributed by atoms with Gasteiger partial charge in [-0.05, 0) is 30.9 Å². The van der Waals surface area contributed by atoms with Crippen molar-refractivity contribution in [1.82, 2.24) is 9.47 Å². The Labute approximate surface area is 147 Å². The van der Waals surface area contributed by atoms with Gasteiger partial charge in [-0.3, -0.25) is 4.79 Å². The SMILES string of the molecule is CC[C@@H]1CC[C@H]2N(C1)C(=O)Cn1c(cc3ccccc31)C21OCCO1. The largest absolute Gasteiger partial charge is 0.341 e. The summed E-state index contributed by atoms with van der Waals surface area (Å²) in [6, 6.07) is 10.4. The fraction of sp³-hybridized carbons (Fsp3) is 0.550. The quantitative estimate of drug-likeness (QED) is 0.802. The predicted molar refractivity (Wildman–Crippen MR) is 94.0 cm³/mol. The van der Waals surface area contributed by atoms with Crippen LogP contribution in [0.1, 0.15) is 31.9 Å². The molecule has 0 aliphatic carbocycles. The predicted octanol–water partition coefficient (Wildman–Crippen LogP) is 2.87. The number of nitrogens with zero attached hydrogens (tertiary/aromatic N) is 2. The molecule has 2 atom stereocenters. The summed E-state index contributed by atoms with van der Waals surface area (Å²) in [5.41, 5.74) is 2.08. The molecule has 0 N–H and O–H groups in total. The molecular weight excluding hydrogens is 316 g/mol. The Kier molecular flexibility index (Phi) is 3.44. The number of carbonyl (C=O) groups excluding carboxylic acids is 1. The molecule has 4 heterocycles. The lowest BCUT2D eigenvalue weighted by molar-refractivity contribution is -0.220. The molecular formula is C20H24N2O3. The van der Waals surface area contributed by atoms with Crippen LogP contribution in [-0.4, -0.2) is 41.2 Å². The highest BCUT2D eigenvalue weighted by Gasteiger charge is 2.55. The van der Waals surface area contributed by atoms with Crippen molar-refractivity contribution < 1.29 is 14.3 Å². The molecule has 2 saturated heterocycles. The van der Waals surface area contributed by atoms with E-state index in [1.165, 1.54) is 0 Å². The minimum atomic E-state index is -0.816. The smallest absolute Gasteiger partial charge is 0.242 e. The Morgan fingerprint density at radius 3 is 2.80 bits per heavy atom. The van der Waals surface area contributed by atoms with E-state index in [1.54, 1.807) is 0 Å². The van der Waals surface area contributed by atoms with Crippen molar-refractivity contribution in [2.24, 2.45) is 5.92 Å². The average molecular weight is 340 g/mol. The van der Waals surface area contributed by atoms with Gasteiger partial charge in [-0.25, -0.2) is 0 Å². The summed E-state index contributed by atoms with van der Waals surface area (Å²) in [5.74, 6) is -0.0567. The van der Waals surface area contributed by atoms with Gasteiger partial charge in [0.1, 0.15) is 6.54 Å². The average Bonchev–Trinajstić information content (AvgIpc) is 3.25. The van der Waals surface area contributed by atoms with Crippen molar-refractivity contribution in [3.05, 3.63) is 36.0 Å². The van der Waals surface area contributed by atoms with Gasteiger partial charge in [0.15, 0.2) is 0 Å². The fourth-order valence-electron chi connectivity index (χ4n) is 4.88. The lowest BCUT2D eigenvalue weighted by Crippen LogP contribution is -2.56. The highest BCUT2D eigenvalue weighted by Crippen LogP contribution is 2.45. The minimum Gasteiger partial charge on any atom is -0.341 e. The van der Waals surface area contributed by atoms with Gasteiger partial charge in [-0.1, -0.05) is 31.5 Å². The van der Waals surface area contributed by atoms with Gasteiger partial charge in [0.25, 0.3) is 0 Å². The summed E-state index contributed by atoms with van der Waals surface area (Å²) in [6.45, 7) is 4.55. The number of aromatic nitrogens is 1. The first-order chi connectivity index (χ1) is 12.2. The molecule has 1 aromatic carbocycles. The van der Waals surface area contributed by atoms with Crippen LogP contribution in [0.5, 0.6) is 0 Å². The molecule has 5 heteroatoms. The zero-order chi connectivity index (χ0) is 17.0. The van der Waals surface area contributed by atoms with Crippen LogP contribution in [0.4, 0.5) is 0 Å². The molecule has 1 spiro atoms. The Morgan fingerprint density at radius 2 is 2.00 bits per heavy atom. The molecule has 25 heavy (non-hydrogen) atoms. The second kappa shape index (κ2) is 5.58. The maximum absolute atomic E-state index is 13.1. The summed E-state index contributed by atoms with van der Waals surface area (Å²) in [5, 5.41) is 1.14. The Bertz CT molecular complexity index is 821. The van der Waals surface area contributed by atoms with Crippen molar-refractivity contribution in [2.45, 2.75) is 44.6 Å². The fourth-order valence-corrected chi connectivity index (χ4v) is 4.88. The molecule has 2 aromatic rings. The van der Waals surface area contributed by atoms with Gasteiger partial charge in [-0.15, -0.1) is 0 Å². The lowest BCUT2D eigenvalue weighted by Gasteiger charge is -2.45. The maximum Gasteiger partial charge on any atom is 0.242 e. The molecule has 0 saturated carbocycles. The van der Waals surface area contributed by atoms with Gasteiger partial charge in [0, 0.05) is 17.4 Å². The van der Waals surface area contributed by atoms with Crippen molar-refractivity contribution in [3.63, 3.8) is 0 Å². The number of piperidine rings is 1. The topological polar surface area (TPSA) is 43.7 Å². The van der Waals surface area contributed by atoms with E-state index < -0.39 is 5.79 Å². The Balaban J connectivity index is 1.70. The molecule has 0 radical (unpaired) electrons. The third kappa shape index (κ3) is 2.12. The van der Waals surface area contributed by atoms with Crippen LogP contribution in [0.15, 0.2) is 30.3 Å². The third-order valence-corrected chi connectivity index (χ3v) is 6.19. The second-order valence-electron chi connectivity index (χ2n) is 7.45. The number of carbonyl (C=O) groups is 1. The van der Waals surface area contributed by atoms with Gasteiger partial charge in [0.05, 0.1) is 24.9 Å². The molecule has 0 bridgehead atoms. The lowest BCUT2D eigenvalue weighted by atomic mass is 9.86. The van der Waals surface area contributed by atoms with Crippen LogP contribution >= 0.6 is 0 Å². The zero-order valence-electron chi connectivity index (χ0n) is 14.6. The van der Waals surface area contributed by atoms with Crippen LogP contribution in [-0.2, 0) is 26.6 Å². The van der Waals surface area contributed by atoms with E-state index in [0.29, 0.717) is 25.7 Å². The molecule has 1 amide bonds. The van der Waals surface area contributed by atoms with Gasteiger partial charge in [-0.2, -0.15) is 0 Å². The summed E-state index contributed by atoms with van der Waals surface area (Å²) >= 11 is 0. The number of para-hydroxylation sites is 1. The number of hydrogen-bond donors (Lipinski definition) is 0. The van der Waals surface area contributed by atoms with E-state index in [1.807, 2.05) is 17.0 Å². The Morgan fingerprint density at radius 1 is 1.20 bits per heavy atom. The molecule has 5 nitrogen and oxygen atoms in total. The first-order valence-corrected chi connectivity index (χ1v) is 9.39. The number of rotatable bonds is 1. The molecule has 132 valence electrons. The van der Waals surface area contributed by atoms with Crippen molar-refractivity contribution >= 4 is 16.8 Å². The minimum absolute atomic E-state index is 0.0316. The monoisotopic (exact) mass is 340 g/mol. The van der Waals surface area contributed by atoms with Crippen molar-refractivity contribution in [3.8, 4) is 0 Å². The molecule has 3 aliphatic rings. The van der Waals surface area contributed by atoms with E-state index >= 15 is 0 Å². The molecule has 1 aromatic heterocycles. The first kappa shape index (κ1) is 15.4. The van der Waals surface area contributed by atoms with E-state index in [-0.39, 0.29) is 11.9 Å². The third-order valence-electron chi connectivity index (χ3n) is 6.19. The summed E-state index contributed by atoms with van der Waals surface area (Å²) in [7, 11) is 0. The van der Waals surface area contributed by atoms with Crippen LogP contribution in [0, 0.1) is 5.92 Å². The van der Waals surface area contributed by atoms with Gasteiger partial charge < -0.3 is 18.9 Å². The van der Waals surface area contributed by atoms with Crippen molar-refractivity contribution in [1.29, 1.82) is 0 Å². The number of amides is 1. The summed E-state index contributed by atoms with van der Waals surface area (Å²) in [6.07, 6.45) is 3.17. The number of fused-ring (bicyclic) bond motifs is 6. The van der Waals surface area contributed by atoms with Gasteiger partial charge in [0.2, 0.25) is 11.7 Å². The standard InChI is InChI=1S/C20H24N2O3/c1-2-14-7-8-17-20(24-9-10-25-20)18-11-15-5-3-4-6-16(15)21(18)13-19(23)22(17)12-14/h3-6,11,14,17H,2,7-10,12-13H2,1H3/t14-,17-/m1/s1. The second-order valence-corrected chi connectivity index (χ2v) is 7.45. The van der Waals surface area contributed by atoms with Crippen LogP contribution in [0.2, 0.25) is 0 Å². The van der Waals surface area contributed by atoms with Gasteiger partial charge >= 0.3 is 0 Å². The van der Waals surface area contributed by atoms with Crippen LogP contribution in [0.3, 0.4) is 0 Å². The number of hydrogen-bond acceptors (Lipinski definition) is 3. The highest BCUT2D eigenvalue weighted by molar-refractivity contribution is 5.85. The molecule has 0 unspecified atom stereocenters. The van der Waals surface area contributed by atoms with E-state index in [9.17, 15) is 4.79 Å². The molecule has 5 rings (SSSR count). The normalized spacial score (nSPS) is 28.2. The summed E-state index contributed by atoms with van der Waals surface area (Å²) in [4.78, 5) is 15.2. The van der Waals surface area contributed by atoms with Crippen LogP contribution < -0.4 is 0 Å². The zero-order valence-corrected chi connectivity index (χ0v) is 14.6. The number of ether oxygens (including phenoxy) is 2.